The Morgan fingerprint density at radius 3 is 1.36 bits per heavy atom. The van der Waals surface area contributed by atoms with Crippen LogP contribution in [-0.2, 0) is 9.47 Å². The molecule has 2 unspecified atom stereocenters. The number of nitrogens with zero attached hydrogens (tertiary/aromatic N) is 2. The van der Waals surface area contributed by atoms with E-state index in [0.717, 1.165) is 22.6 Å². The number of aliphatic imine (C=N–C) groups is 2. The summed E-state index contributed by atoms with van der Waals surface area (Å²) < 4.78 is 23.6. The van der Waals surface area contributed by atoms with Crippen LogP contribution in [0.4, 0.5) is 11.4 Å². The van der Waals surface area contributed by atoms with Crippen molar-refractivity contribution in [3.05, 3.63) is 83.9 Å². The van der Waals surface area contributed by atoms with E-state index in [1.807, 2.05) is 86.6 Å². The minimum Gasteiger partial charge on any atom is -0.491 e. The predicted molar refractivity (Wildman–Crippen MR) is 141 cm³/mol. The van der Waals surface area contributed by atoms with Gasteiger partial charge in [-0.05, 0) is 86.6 Å². The van der Waals surface area contributed by atoms with Gasteiger partial charge in [-0.1, -0.05) is 0 Å². The van der Waals surface area contributed by atoms with Crippen LogP contribution in [0.1, 0.15) is 25.0 Å². The van der Waals surface area contributed by atoms with Gasteiger partial charge >= 0.3 is 0 Å². The Morgan fingerprint density at radius 2 is 1.00 bits per heavy atom. The van der Waals surface area contributed by atoms with Gasteiger partial charge in [0.2, 0.25) is 11.8 Å². The van der Waals surface area contributed by atoms with E-state index in [1.165, 1.54) is 0 Å². The van der Waals surface area contributed by atoms with Gasteiger partial charge in [-0.15, -0.1) is 0 Å². The smallest absolute Gasteiger partial charge is 0.216 e. The van der Waals surface area contributed by atoms with E-state index in [4.69, 9.17) is 40.4 Å². The first-order chi connectivity index (χ1) is 17.3. The van der Waals surface area contributed by atoms with Crippen molar-refractivity contribution >= 4 is 23.2 Å². The molecule has 0 saturated carbocycles. The SMILES string of the molecule is CC1(COc2ccc(N)cc2)COC(c2ccc(C3=NC(C)(COc4ccc(N)cc4)CO3)cc2)=N1. The maximum Gasteiger partial charge on any atom is 0.216 e. The first-order valence-electron chi connectivity index (χ1n) is 11.8. The topological polar surface area (TPSA) is 114 Å². The molecule has 8 nitrogen and oxygen atoms in total. The van der Waals surface area contributed by atoms with Gasteiger partial charge in [-0.25, -0.2) is 9.98 Å². The van der Waals surface area contributed by atoms with Crippen molar-refractivity contribution in [1.82, 2.24) is 0 Å². The van der Waals surface area contributed by atoms with E-state index in [-0.39, 0.29) is 0 Å². The molecular formula is C28H30N4O4. The van der Waals surface area contributed by atoms with Crippen LogP contribution in [0.5, 0.6) is 11.5 Å². The Labute approximate surface area is 210 Å². The number of ether oxygens (including phenoxy) is 4. The highest BCUT2D eigenvalue weighted by Crippen LogP contribution is 2.26. The normalized spacial score (nSPS) is 22.8. The molecule has 186 valence electrons. The van der Waals surface area contributed by atoms with Crippen LogP contribution in [-0.4, -0.2) is 49.3 Å². The van der Waals surface area contributed by atoms with E-state index in [0.29, 0.717) is 49.6 Å². The van der Waals surface area contributed by atoms with Gasteiger partial charge in [0.25, 0.3) is 0 Å². The molecule has 0 amide bonds. The lowest BCUT2D eigenvalue weighted by atomic mass is 10.1. The molecule has 8 heteroatoms. The number of nitrogen functional groups attached to an aromatic ring is 2. The Balaban J connectivity index is 1.21. The predicted octanol–water partition coefficient (Wildman–Crippen LogP) is 4.08. The minimum absolute atomic E-state index is 0.403. The molecule has 0 spiro atoms. The van der Waals surface area contributed by atoms with Gasteiger partial charge in [0.1, 0.15) is 49.0 Å². The molecular weight excluding hydrogens is 456 g/mol. The Kier molecular flexibility index (Phi) is 6.18. The third-order valence-corrected chi connectivity index (χ3v) is 6.02. The van der Waals surface area contributed by atoms with Crippen LogP contribution < -0.4 is 20.9 Å². The summed E-state index contributed by atoms with van der Waals surface area (Å²) in [6.07, 6.45) is 0. The average molecular weight is 487 g/mol. The lowest BCUT2D eigenvalue weighted by Gasteiger charge is -2.18. The molecule has 0 radical (unpaired) electrons. The number of hydrogen-bond donors (Lipinski definition) is 2. The molecule has 5 rings (SSSR count). The molecule has 3 aromatic carbocycles. The summed E-state index contributed by atoms with van der Waals surface area (Å²) in [5.41, 5.74) is 13.7. The van der Waals surface area contributed by atoms with Crippen LogP contribution in [0, 0.1) is 0 Å². The van der Waals surface area contributed by atoms with Gasteiger partial charge in [-0.3, -0.25) is 0 Å². The van der Waals surface area contributed by atoms with Crippen LogP contribution in [0.15, 0.2) is 82.8 Å². The standard InChI is InChI=1S/C28H30N4O4/c1-27(15-33-23-11-7-21(29)8-12-23)17-35-25(31-27)19-3-5-20(6-4-19)26-32-28(2,18-36-26)16-34-24-13-9-22(30)10-14-24/h3-14H,15-18,29-30H2,1-2H3. The summed E-state index contributed by atoms with van der Waals surface area (Å²) in [7, 11) is 0. The summed E-state index contributed by atoms with van der Waals surface area (Å²) in [6, 6.07) is 22.5. The number of benzene rings is 3. The largest absolute Gasteiger partial charge is 0.491 e. The van der Waals surface area contributed by atoms with Crippen LogP contribution in [0.25, 0.3) is 0 Å². The molecule has 2 atom stereocenters. The van der Waals surface area contributed by atoms with Crippen LogP contribution in [0.3, 0.4) is 0 Å². The van der Waals surface area contributed by atoms with E-state index in [9.17, 15) is 0 Å². The molecule has 0 saturated heterocycles. The third kappa shape index (κ3) is 5.38. The van der Waals surface area contributed by atoms with E-state index >= 15 is 0 Å². The summed E-state index contributed by atoms with van der Waals surface area (Å²) in [4.78, 5) is 9.58. The summed E-state index contributed by atoms with van der Waals surface area (Å²) in [6.45, 7) is 5.73. The van der Waals surface area contributed by atoms with E-state index in [2.05, 4.69) is 0 Å². The second-order valence-corrected chi connectivity index (χ2v) is 9.70. The quantitative estimate of drug-likeness (QED) is 0.464. The molecule has 0 fully saturated rings. The first kappa shape index (κ1) is 23.5. The average Bonchev–Trinajstić information content (AvgIpc) is 3.47. The van der Waals surface area contributed by atoms with Gasteiger partial charge in [0, 0.05) is 22.5 Å². The molecule has 3 aromatic rings. The molecule has 0 aliphatic carbocycles. The maximum absolute atomic E-state index is 5.91. The highest BCUT2D eigenvalue weighted by atomic mass is 16.5. The molecule has 4 N–H and O–H groups in total. The molecule has 36 heavy (non-hydrogen) atoms. The third-order valence-electron chi connectivity index (χ3n) is 6.02. The molecule has 2 aliphatic heterocycles. The minimum atomic E-state index is -0.472. The zero-order valence-corrected chi connectivity index (χ0v) is 20.4. The highest BCUT2D eigenvalue weighted by Gasteiger charge is 2.35. The van der Waals surface area contributed by atoms with Crippen molar-refractivity contribution in [3.8, 4) is 11.5 Å². The van der Waals surface area contributed by atoms with Crippen LogP contribution in [0.2, 0.25) is 0 Å². The molecule has 2 aliphatic rings. The fraction of sp³-hybridized carbons (Fsp3) is 0.286. The van der Waals surface area contributed by atoms with Gasteiger partial charge < -0.3 is 30.4 Å². The molecule has 2 heterocycles. The number of nitrogens with two attached hydrogens (primary N) is 2. The van der Waals surface area contributed by atoms with Crippen LogP contribution >= 0.6 is 0 Å². The fourth-order valence-corrected chi connectivity index (χ4v) is 3.87. The van der Waals surface area contributed by atoms with Crippen molar-refractivity contribution < 1.29 is 18.9 Å². The van der Waals surface area contributed by atoms with Crippen molar-refractivity contribution in [1.29, 1.82) is 0 Å². The lowest BCUT2D eigenvalue weighted by Crippen LogP contribution is -2.31. The first-order valence-corrected chi connectivity index (χ1v) is 11.8. The van der Waals surface area contributed by atoms with Gasteiger partial charge in [-0.2, -0.15) is 0 Å². The monoisotopic (exact) mass is 486 g/mol. The zero-order valence-electron chi connectivity index (χ0n) is 20.4. The van der Waals surface area contributed by atoms with Gasteiger partial charge in [0.15, 0.2) is 0 Å². The second kappa shape index (κ2) is 9.45. The van der Waals surface area contributed by atoms with Crippen molar-refractivity contribution in [2.24, 2.45) is 9.98 Å². The van der Waals surface area contributed by atoms with Crippen molar-refractivity contribution in [2.75, 3.05) is 37.9 Å². The van der Waals surface area contributed by atoms with E-state index in [1.54, 1.807) is 0 Å². The Morgan fingerprint density at radius 1 is 0.639 bits per heavy atom. The number of rotatable bonds is 8. The lowest BCUT2D eigenvalue weighted by molar-refractivity contribution is 0.185. The number of hydrogen-bond acceptors (Lipinski definition) is 8. The van der Waals surface area contributed by atoms with Crippen molar-refractivity contribution in [2.45, 2.75) is 24.9 Å². The summed E-state index contributed by atoms with van der Waals surface area (Å²) in [5, 5.41) is 0. The molecule has 0 aromatic heterocycles. The zero-order chi connectivity index (χ0) is 25.2. The van der Waals surface area contributed by atoms with E-state index < -0.39 is 11.1 Å². The summed E-state index contributed by atoms with van der Waals surface area (Å²) in [5.74, 6) is 2.70. The second-order valence-electron chi connectivity index (χ2n) is 9.70. The Bertz CT molecular complexity index is 1170. The maximum atomic E-state index is 5.91. The van der Waals surface area contributed by atoms with Crippen molar-refractivity contribution in [3.63, 3.8) is 0 Å². The fourth-order valence-electron chi connectivity index (χ4n) is 3.87. The van der Waals surface area contributed by atoms with Gasteiger partial charge in [0.05, 0.1) is 0 Å². The summed E-state index contributed by atoms with van der Waals surface area (Å²) >= 11 is 0. The molecule has 0 bridgehead atoms. The number of anilines is 2. The Hall–Kier alpha value is -4.20. The highest BCUT2D eigenvalue weighted by molar-refractivity contribution is 5.99.